The van der Waals surface area contributed by atoms with E-state index in [4.69, 9.17) is 0 Å². The number of rotatable bonds is 1. The first kappa shape index (κ1) is 9.05. The number of nitrogens with one attached hydrogen (secondary N) is 1. The Balaban J connectivity index is 0.000000281. The van der Waals surface area contributed by atoms with Crippen molar-refractivity contribution in [2.75, 3.05) is 13.1 Å². The van der Waals surface area contributed by atoms with E-state index in [1.54, 1.807) is 0 Å². The van der Waals surface area contributed by atoms with Crippen LogP contribution in [-0.4, -0.2) is 13.1 Å². The van der Waals surface area contributed by atoms with E-state index in [-0.39, 0.29) is 0 Å². The molecular formula is C10H21N. The minimum Gasteiger partial charge on any atom is -0.316 e. The molecule has 1 heteroatoms. The Morgan fingerprint density at radius 2 is 2.00 bits per heavy atom. The van der Waals surface area contributed by atoms with Crippen molar-refractivity contribution in [1.82, 2.24) is 5.32 Å². The van der Waals surface area contributed by atoms with Crippen molar-refractivity contribution in [2.45, 2.75) is 40.0 Å². The van der Waals surface area contributed by atoms with E-state index in [0.29, 0.717) is 0 Å². The summed E-state index contributed by atoms with van der Waals surface area (Å²) in [5.41, 5.74) is 0.800. The first-order valence-electron chi connectivity index (χ1n) is 5.08. The lowest BCUT2D eigenvalue weighted by Gasteiger charge is -2.13. The van der Waals surface area contributed by atoms with Crippen LogP contribution >= 0.6 is 0 Å². The molecule has 1 aliphatic heterocycles. The van der Waals surface area contributed by atoms with Crippen molar-refractivity contribution in [3.63, 3.8) is 0 Å². The van der Waals surface area contributed by atoms with Gasteiger partial charge in [-0.15, -0.1) is 0 Å². The van der Waals surface area contributed by atoms with Gasteiger partial charge in [-0.3, -0.25) is 0 Å². The first-order chi connectivity index (χ1) is 5.37. The highest BCUT2D eigenvalue weighted by Gasteiger charge is 2.50. The summed E-state index contributed by atoms with van der Waals surface area (Å²) in [7, 11) is 0. The Morgan fingerprint density at radius 1 is 1.36 bits per heavy atom. The van der Waals surface area contributed by atoms with E-state index >= 15 is 0 Å². The maximum Gasteiger partial charge on any atom is 0.00111 e. The molecule has 2 rings (SSSR count). The van der Waals surface area contributed by atoms with Crippen LogP contribution < -0.4 is 5.32 Å². The zero-order valence-corrected chi connectivity index (χ0v) is 8.11. The van der Waals surface area contributed by atoms with Gasteiger partial charge in [0.15, 0.2) is 0 Å². The third-order valence-corrected chi connectivity index (χ3v) is 3.12. The van der Waals surface area contributed by atoms with E-state index in [2.05, 4.69) is 12.2 Å². The van der Waals surface area contributed by atoms with Gasteiger partial charge >= 0.3 is 0 Å². The molecule has 0 radical (unpaired) electrons. The summed E-state index contributed by atoms with van der Waals surface area (Å²) in [4.78, 5) is 0. The second kappa shape index (κ2) is 3.57. The Labute approximate surface area is 70.6 Å². The minimum atomic E-state index is 0.800. The largest absolute Gasteiger partial charge is 0.316 e. The number of hydrogen-bond acceptors (Lipinski definition) is 1. The smallest absolute Gasteiger partial charge is 0.00111 e. The quantitative estimate of drug-likeness (QED) is 0.613. The summed E-state index contributed by atoms with van der Waals surface area (Å²) in [5, 5.41) is 3.48. The lowest BCUT2D eigenvalue weighted by atomic mass is 9.91. The molecule has 1 heterocycles. The van der Waals surface area contributed by atoms with Crippen LogP contribution in [0.5, 0.6) is 0 Å². The standard InChI is InChI=1S/C8H15N.C2H6/c1-2-7-5-9-6-8(7)3-4-8;1-2/h7,9H,2-6H2,1H3;1-2H3. The molecule has 1 nitrogen and oxygen atoms in total. The fourth-order valence-corrected chi connectivity index (χ4v) is 2.18. The molecule has 66 valence electrons. The SMILES string of the molecule is CC.CCC1CNCC12CC2. The normalized spacial score (nSPS) is 31.4. The van der Waals surface area contributed by atoms with Crippen LogP contribution in [-0.2, 0) is 0 Å². The Morgan fingerprint density at radius 3 is 2.36 bits per heavy atom. The monoisotopic (exact) mass is 155 g/mol. The van der Waals surface area contributed by atoms with Crippen LogP contribution in [0.25, 0.3) is 0 Å². The van der Waals surface area contributed by atoms with Crippen LogP contribution in [0.4, 0.5) is 0 Å². The fraction of sp³-hybridized carbons (Fsp3) is 1.00. The highest BCUT2D eigenvalue weighted by Crippen LogP contribution is 2.54. The van der Waals surface area contributed by atoms with Crippen molar-refractivity contribution in [1.29, 1.82) is 0 Å². The van der Waals surface area contributed by atoms with Gasteiger partial charge in [-0.05, 0) is 30.7 Å². The molecule has 1 N–H and O–H groups in total. The summed E-state index contributed by atoms with van der Waals surface area (Å²) in [6.07, 6.45) is 4.38. The van der Waals surface area contributed by atoms with Crippen LogP contribution in [0, 0.1) is 11.3 Å². The minimum absolute atomic E-state index is 0.800. The molecule has 2 aliphatic rings. The lowest BCUT2D eigenvalue weighted by molar-refractivity contribution is 0.387. The summed E-state index contributed by atoms with van der Waals surface area (Å²) >= 11 is 0. The Hall–Kier alpha value is -0.0400. The molecule has 11 heavy (non-hydrogen) atoms. The van der Waals surface area contributed by atoms with Crippen LogP contribution in [0.2, 0.25) is 0 Å². The molecule has 0 aromatic carbocycles. The molecule has 2 fully saturated rings. The van der Waals surface area contributed by atoms with Gasteiger partial charge < -0.3 is 5.32 Å². The van der Waals surface area contributed by atoms with Crippen LogP contribution in [0.3, 0.4) is 0 Å². The van der Waals surface area contributed by atoms with Gasteiger partial charge in [0, 0.05) is 6.54 Å². The third-order valence-electron chi connectivity index (χ3n) is 3.12. The van der Waals surface area contributed by atoms with Crippen LogP contribution in [0.1, 0.15) is 40.0 Å². The van der Waals surface area contributed by atoms with Crippen molar-refractivity contribution < 1.29 is 0 Å². The molecule has 1 saturated heterocycles. The van der Waals surface area contributed by atoms with Crippen molar-refractivity contribution in [3.05, 3.63) is 0 Å². The molecule has 1 unspecified atom stereocenters. The maximum atomic E-state index is 3.48. The second-order valence-corrected chi connectivity index (χ2v) is 3.60. The van der Waals surface area contributed by atoms with Crippen LogP contribution in [0.15, 0.2) is 0 Å². The molecule has 0 aromatic heterocycles. The van der Waals surface area contributed by atoms with Crippen molar-refractivity contribution >= 4 is 0 Å². The molecule has 0 amide bonds. The summed E-state index contributed by atoms with van der Waals surface area (Å²) in [6.45, 7) is 8.92. The molecule has 1 aliphatic carbocycles. The van der Waals surface area contributed by atoms with Gasteiger partial charge in [-0.2, -0.15) is 0 Å². The number of hydrogen-bond donors (Lipinski definition) is 1. The fourth-order valence-electron chi connectivity index (χ4n) is 2.18. The zero-order chi connectivity index (χ0) is 8.32. The van der Waals surface area contributed by atoms with E-state index < -0.39 is 0 Å². The Kier molecular flexibility index (Phi) is 2.94. The summed E-state index contributed by atoms with van der Waals surface area (Å²) in [6, 6.07) is 0. The van der Waals surface area contributed by atoms with Crippen molar-refractivity contribution in [2.24, 2.45) is 11.3 Å². The van der Waals surface area contributed by atoms with Gasteiger partial charge in [0.2, 0.25) is 0 Å². The van der Waals surface area contributed by atoms with Gasteiger partial charge in [-0.1, -0.05) is 27.2 Å². The molecule has 1 atom stereocenters. The van der Waals surface area contributed by atoms with Gasteiger partial charge in [0.25, 0.3) is 0 Å². The van der Waals surface area contributed by atoms with E-state index in [1.165, 1.54) is 32.4 Å². The molecule has 0 bridgehead atoms. The van der Waals surface area contributed by atoms with Gasteiger partial charge in [-0.25, -0.2) is 0 Å². The summed E-state index contributed by atoms with van der Waals surface area (Å²) < 4.78 is 0. The third kappa shape index (κ3) is 1.58. The average molecular weight is 155 g/mol. The van der Waals surface area contributed by atoms with Crippen molar-refractivity contribution in [3.8, 4) is 0 Å². The second-order valence-electron chi connectivity index (χ2n) is 3.60. The molecule has 1 spiro atoms. The van der Waals surface area contributed by atoms with Gasteiger partial charge in [0.1, 0.15) is 0 Å². The molecular weight excluding hydrogens is 134 g/mol. The van der Waals surface area contributed by atoms with Gasteiger partial charge in [0.05, 0.1) is 0 Å². The zero-order valence-electron chi connectivity index (χ0n) is 8.11. The topological polar surface area (TPSA) is 12.0 Å². The van der Waals surface area contributed by atoms with E-state index in [9.17, 15) is 0 Å². The molecule has 0 aromatic rings. The maximum absolute atomic E-state index is 3.48. The predicted molar refractivity (Wildman–Crippen MR) is 49.7 cm³/mol. The highest BCUT2D eigenvalue weighted by molar-refractivity contribution is 5.04. The summed E-state index contributed by atoms with van der Waals surface area (Å²) in [5.74, 6) is 1.01. The lowest BCUT2D eigenvalue weighted by Crippen LogP contribution is -2.11. The Bertz CT molecular complexity index is 116. The van der Waals surface area contributed by atoms with E-state index in [0.717, 1.165) is 11.3 Å². The predicted octanol–water partition coefficient (Wildman–Crippen LogP) is 2.42. The highest BCUT2D eigenvalue weighted by atomic mass is 15.0. The first-order valence-corrected chi connectivity index (χ1v) is 5.08. The average Bonchev–Trinajstić information content (AvgIpc) is 2.69. The molecule has 1 saturated carbocycles. The van der Waals surface area contributed by atoms with E-state index in [1.807, 2.05) is 13.8 Å².